The van der Waals surface area contributed by atoms with Gasteiger partial charge in [0.25, 0.3) is 0 Å². The molecule has 0 aliphatic heterocycles. The zero-order valence-corrected chi connectivity index (χ0v) is 11.0. The standard InChI is InChI=1S/C10H13BrF3NS/c11-8-3-6-16-9(8)7-15-5-2-1-4-10(12,13)14/h3,6,15H,1-2,4-5,7H2. The van der Waals surface area contributed by atoms with Crippen LogP contribution in [-0.4, -0.2) is 12.7 Å². The normalized spacial score (nSPS) is 12.0. The van der Waals surface area contributed by atoms with Gasteiger partial charge in [0.05, 0.1) is 0 Å². The molecule has 1 nitrogen and oxygen atoms in total. The Morgan fingerprint density at radius 2 is 2.06 bits per heavy atom. The van der Waals surface area contributed by atoms with E-state index in [1.54, 1.807) is 11.3 Å². The van der Waals surface area contributed by atoms with Crippen molar-refractivity contribution in [1.29, 1.82) is 0 Å². The van der Waals surface area contributed by atoms with Crippen molar-refractivity contribution in [2.75, 3.05) is 6.54 Å². The molecule has 0 aliphatic rings. The van der Waals surface area contributed by atoms with E-state index in [0.717, 1.165) is 4.47 Å². The number of nitrogens with one attached hydrogen (secondary N) is 1. The zero-order chi connectivity index (χ0) is 12.0. The quantitative estimate of drug-likeness (QED) is 0.770. The second kappa shape index (κ2) is 6.61. The predicted octanol–water partition coefficient (Wildman–Crippen LogP) is 4.33. The monoisotopic (exact) mass is 315 g/mol. The highest BCUT2D eigenvalue weighted by Gasteiger charge is 2.25. The number of thiophene rings is 1. The zero-order valence-electron chi connectivity index (χ0n) is 8.61. The SMILES string of the molecule is FC(F)(F)CCCCNCc1sccc1Br. The maximum absolute atomic E-state index is 11.8. The lowest BCUT2D eigenvalue weighted by Gasteiger charge is -2.06. The van der Waals surface area contributed by atoms with Gasteiger partial charge < -0.3 is 5.32 Å². The number of rotatable bonds is 6. The van der Waals surface area contributed by atoms with Crippen LogP contribution in [0.4, 0.5) is 13.2 Å². The van der Waals surface area contributed by atoms with E-state index in [-0.39, 0.29) is 6.42 Å². The Kier molecular flexibility index (Phi) is 5.78. The van der Waals surface area contributed by atoms with E-state index in [2.05, 4.69) is 21.2 Å². The van der Waals surface area contributed by atoms with Crippen molar-refractivity contribution < 1.29 is 13.2 Å². The predicted molar refractivity (Wildman–Crippen MR) is 63.6 cm³/mol. The minimum Gasteiger partial charge on any atom is -0.312 e. The van der Waals surface area contributed by atoms with Gasteiger partial charge in [-0.25, -0.2) is 0 Å². The number of hydrogen-bond acceptors (Lipinski definition) is 2. The van der Waals surface area contributed by atoms with Gasteiger partial charge in [0.15, 0.2) is 0 Å². The summed E-state index contributed by atoms with van der Waals surface area (Å²) in [5.74, 6) is 0. The Bertz CT molecular complexity index is 311. The Balaban J connectivity index is 2.03. The first kappa shape index (κ1) is 14.0. The first-order chi connectivity index (χ1) is 7.49. The van der Waals surface area contributed by atoms with Crippen LogP contribution in [0, 0.1) is 0 Å². The van der Waals surface area contributed by atoms with Crippen LogP contribution < -0.4 is 5.32 Å². The molecule has 0 amide bonds. The third kappa shape index (κ3) is 5.86. The van der Waals surface area contributed by atoms with Gasteiger partial charge in [0, 0.05) is 22.3 Å². The molecular formula is C10H13BrF3NS. The summed E-state index contributed by atoms with van der Waals surface area (Å²) >= 11 is 5.03. The molecule has 0 saturated heterocycles. The van der Waals surface area contributed by atoms with Gasteiger partial charge in [-0.2, -0.15) is 13.2 Å². The molecule has 1 N–H and O–H groups in total. The number of hydrogen-bond donors (Lipinski definition) is 1. The van der Waals surface area contributed by atoms with Crippen LogP contribution in [0.5, 0.6) is 0 Å². The van der Waals surface area contributed by atoms with Gasteiger partial charge in [-0.1, -0.05) is 0 Å². The molecule has 0 spiro atoms. The number of halogens is 4. The maximum Gasteiger partial charge on any atom is 0.389 e. The second-order valence-corrected chi connectivity index (χ2v) is 5.30. The highest BCUT2D eigenvalue weighted by atomic mass is 79.9. The van der Waals surface area contributed by atoms with Crippen LogP contribution in [-0.2, 0) is 6.54 Å². The highest BCUT2D eigenvalue weighted by Crippen LogP contribution is 2.23. The van der Waals surface area contributed by atoms with Crippen molar-refractivity contribution in [3.05, 3.63) is 20.8 Å². The highest BCUT2D eigenvalue weighted by molar-refractivity contribution is 9.10. The first-order valence-corrected chi connectivity index (χ1v) is 6.65. The lowest BCUT2D eigenvalue weighted by Crippen LogP contribution is -2.15. The molecule has 0 aliphatic carbocycles. The van der Waals surface area contributed by atoms with Crippen LogP contribution in [0.25, 0.3) is 0 Å². The third-order valence-electron chi connectivity index (χ3n) is 2.04. The summed E-state index contributed by atoms with van der Waals surface area (Å²) in [5, 5.41) is 5.10. The van der Waals surface area contributed by atoms with Crippen molar-refractivity contribution in [3.63, 3.8) is 0 Å². The van der Waals surface area contributed by atoms with E-state index < -0.39 is 12.6 Å². The minimum absolute atomic E-state index is 0.197. The van der Waals surface area contributed by atoms with E-state index >= 15 is 0 Å². The minimum atomic E-state index is -4.02. The summed E-state index contributed by atoms with van der Waals surface area (Å²) < 4.78 is 36.5. The third-order valence-corrected chi connectivity index (χ3v) is 3.97. The van der Waals surface area contributed by atoms with Gasteiger partial charge >= 0.3 is 6.18 Å². The lowest BCUT2D eigenvalue weighted by molar-refractivity contribution is -0.135. The fourth-order valence-corrected chi connectivity index (χ4v) is 2.69. The van der Waals surface area contributed by atoms with Crippen LogP contribution in [0.15, 0.2) is 15.9 Å². The maximum atomic E-state index is 11.8. The molecule has 0 atom stereocenters. The largest absolute Gasteiger partial charge is 0.389 e. The van der Waals surface area contributed by atoms with Crippen molar-refractivity contribution in [1.82, 2.24) is 5.32 Å². The molecule has 1 aromatic rings. The van der Waals surface area contributed by atoms with Gasteiger partial charge in [0.1, 0.15) is 0 Å². The fraction of sp³-hybridized carbons (Fsp3) is 0.600. The van der Waals surface area contributed by atoms with Gasteiger partial charge in [-0.05, 0) is 46.8 Å². The van der Waals surface area contributed by atoms with Crippen LogP contribution in [0.2, 0.25) is 0 Å². The van der Waals surface area contributed by atoms with Crippen molar-refractivity contribution >= 4 is 27.3 Å². The summed E-state index contributed by atoms with van der Waals surface area (Å²) in [7, 11) is 0. The topological polar surface area (TPSA) is 12.0 Å². The van der Waals surface area contributed by atoms with Crippen LogP contribution in [0.1, 0.15) is 24.1 Å². The molecule has 92 valence electrons. The average Bonchev–Trinajstić information content (AvgIpc) is 2.56. The van der Waals surface area contributed by atoms with Gasteiger partial charge in [-0.15, -0.1) is 11.3 Å². The molecular weight excluding hydrogens is 303 g/mol. The Labute approximate surface area is 105 Å². The smallest absolute Gasteiger partial charge is 0.312 e. The summed E-state index contributed by atoms with van der Waals surface area (Å²) in [6.45, 7) is 1.34. The Hall–Kier alpha value is -0.0700. The molecule has 6 heteroatoms. The van der Waals surface area contributed by atoms with E-state index in [1.807, 2.05) is 11.4 Å². The summed E-state index contributed by atoms with van der Waals surface area (Å²) in [4.78, 5) is 1.18. The summed E-state index contributed by atoms with van der Waals surface area (Å²) in [6.07, 6.45) is -3.95. The van der Waals surface area contributed by atoms with Crippen LogP contribution in [0.3, 0.4) is 0 Å². The molecule has 0 fully saturated rings. The number of unbranched alkanes of at least 4 members (excludes halogenated alkanes) is 1. The van der Waals surface area contributed by atoms with Crippen LogP contribution >= 0.6 is 27.3 Å². The van der Waals surface area contributed by atoms with Gasteiger partial charge in [-0.3, -0.25) is 0 Å². The Morgan fingerprint density at radius 3 is 2.62 bits per heavy atom. The molecule has 0 saturated carbocycles. The van der Waals surface area contributed by atoms with E-state index in [0.29, 0.717) is 19.5 Å². The molecule has 1 rings (SSSR count). The van der Waals surface area contributed by atoms with Crippen molar-refractivity contribution in [2.45, 2.75) is 32.0 Å². The summed E-state index contributed by atoms with van der Waals surface area (Å²) in [5.41, 5.74) is 0. The number of alkyl halides is 3. The van der Waals surface area contributed by atoms with Crippen molar-refractivity contribution in [3.8, 4) is 0 Å². The molecule has 0 radical (unpaired) electrons. The molecule has 0 bridgehead atoms. The lowest BCUT2D eigenvalue weighted by atomic mass is 10.2. The first-order valence-electron chi connectivity index (χ1n) is 4.98. The second-order valence-electron chi connectivity index (χ2n) is 3.44. The molecule has 1 heterocycles. The molecule has 0 unspecified atom stereocenters. The Morgan fingerprint density at radius 1 is 1.31 bits per heavy atom. The van der Waals surface area contributed by atoms with Crippen molar-refractivity contribution in [2.24, 2.45) is 0 Å². The molecule has 16 heavy (non-hydrogen) atoms. The average molecular weight is 316 g/mol. The molecule has 0 aromatic carbocycles. The summed E-state index contributed by atoms with van der Waals surface area (Å²) in [6, 6.07) is 1.96. The van der Waals surface area contributed by atoms with E-state index in [1.165, 1.54) is 4.88 Å². The van der Waals surface area contributed by atoms with E-state index in [9.17, 15) is 13.2 Å². The van der Waals surface area contributed by atoms with Gasteiger partial charge in [0.2, 0.25) is 0 Å². The van der Waals surface area contributed by atoms with E-state index in [4.69, 9.17) is 0 Å². The molecule has 1 aromatic heterocycles. The fourth-order valence-electron chi connectivity index (χ4n) is 1.23.